The molecule has 0 radical (unpaired) electrons. The van der Waals surface area contributed by atoms with Crippen molar-refractivity contribution in [3.8, 4) is 0 Å². The largest absolute Gasteiger partial charge is 0.398 e. The zero-order valence-electron chi connectivity index (χ0n) is 16.9. The van der Waals surface area contributed by atoms with E-state index in [9.17, 15) is 18.7 Å². The Balaban J connectivity index is 1.68. The number of halogens is 2. The van der Waals surface area contributed by atoms with Crippen LogP contribution in [-0.4, -0.2) is 58.7 Å². The molecule has 0 aromatic heterocycles. The fraction of sp³-hybridized carbons (Fsp3) is 0.950. The van der Waals surface area contributed by atoms with Gasteiger partial charge in [-0.05, 0) is 39.5 Å². The molecule has 2 unspecified atom stereocenters. The fourth-order valence-electron chi connectivity index (χ4n) is 4.50. The zero-order chi connectivity index (χ0) is 20.4. The first kappa shape index (κ1) is 21.9. The number of hydrogen-bond donors (Lipinski definition) is 1. The van der Waals surface area contributed by atoms with Gasteiger partial charge >= 0.3 is 11.9 Å². The highest BCUT2D eigenvalue weighted by Crippen LogP contribution is 2.34. The molecule has 2 atom stereocenters. The van der Waals surface area contributed by atoms with Gasteiger partial charge in [-0.2, -0.15) is 8.78 Å². The van der Waals surface area contributed by atoms with E-state index >= 15 is 0 Å². The van der Waals surface area contributed by atoms with Gasteiger partial charge in [0.1, 0.15) is 6.10 Å². The number of carbonyl (C=O) groups is 1. The van der Waals surface area contributed by atoms with Gasteiger partial charge in [0, 0.05) is 12.1 Å². The Morgan fingerprint density at radius 1 is 1.07 bits per heavy atom. The third-order valence-electron chi connectivity index (χ3n) is 6.08. The molecule has 1 aliphatic heterocycles. The summed E-state index contributed by atoms with van der Waals surface area (Å²) in [6, 6.07) is -0.0579. The molecule has 1 N–H and O–H groups in total. The third-order valence-corrected chi connectivity index (χ3v) is 6.08. The van der Waals surface area contributed by atoms with E-state index in [0.29, 0.717) is 0 Å². The first-order valence-corrected chi connectivity index (χ1v) is 10.6. The van der Waals surface area contributed by atoms with Crippen LogP contribution in [-0.2, 0) is 19.1 Å². The number of aliphatic hydroxyl groups excluding tert-OH is 1. The Hall–Kier alpha value is -0.830. The lowest BCUT2D eigenvalue weighted by atomic mass is 9.90. The molecule has 1 heterocycles. The molecule has 0 aromatic rings. The van der Waals surface area contributed by atoms with Gasteiger partial charge in [-0.25, -0.2) is 4.79 Å². The van der Waals surface area contributed by atoms with Gasteiger partial charge in [0.15, 0.2) is 11.9 Å². The SMILES string of the molecule is CC1(C)OCC(C(O)C(F)(F)C(=O)ON(C2CCCCC2)C2CCCCC2)O1. The molecule has 0 amide bonds. The highest BCUT2D eigenvalue weighted by Gasteiger charge is 2.56. The van der Waals surface area contributed by atoms with E-state index in [4.69, 9.17) is 14.3 Å². The smallest absolute Gasteiger partial charge is 0.383 e. The molecule has 162 valence electrons. The lowest BCUT2D eigenvalue weighted by Gasteiger charge is -2.40. The number of aliphatic hydroxyl groups is 1. The van der Waals surface area contributed by atoms with Gasteiger partial charge in [0.2, 0.25) is 0 Å². The average molecular weight is 405 g/mol. The zero-order valence-corrected chi connectivity index (χ0v) is 16.9. The molecule has 6 nitrogen and oxygen atoms in total. The number of hydrogen-bond acceptors (Lipinski definition) is 6. The van der Waals surface area contributed by atoms with Gasteiger partial charge in [-0.3, -0.25) is 0 Å². The third kappa shape index (κ3) is 5.01. The fourth-order valence-corrected chi connectivity index (χ4v) is 4.50. The van der Waals surface area contributed by atoms with E-state index in [1.54, 1.807) is 13.8 Å². The van der Waals surface area contributed by atoms with Crippen LogP contribution in [0.5, 0.6) is 0 Å². The predicted molar refractivity (Wildman–Crippen MR) is 97.5 cm³/mol. The van der Waals surface area contributed by atoms with Crippen molar-refractivity contribution in [1.29, 1.82) is 0 Å². The van der Waals surface area contributed by atoms with Gasteiger partial charge in [0.05, 0.1) is 6.61 Å². The van der Waals surface area contributed by atoms with E-state index in [1.165, 1.54) is 5.06 Å². The monoisotopic (exact) mass is 405 g/mol. The summed E-state index contributed by atoms with van der Waals surface area (Å²) in [5, 5.41) is 11.7. The van der Waals surface area contributed by atoms with Crippen LogP contribution < -0.4 is 0 Å². The molecule has 3 rings (SSSR count). The number of alkyl halides is 2. The van der Waals surface area contributed by atoms with E-state index in [0.717, 1.165) is 64.2 Å². The Morgan fingerprint density at radius 2 is 1.57 bits per heavy atom. The van der Waals surface area contributed by atoms with Crippen molar-refractivity contribution in [3.05, 3.63) is 0 Å². The van der Waals surface area contributed by atoms with E-state index < -0.39 is 29.9 Å². The molecular weight excluding hydrogens is 372 g/mol. The van der Waals surface area contributed by atoms with Crippen LogP contribution in [0.25, 0.3) is 0 Å². The summed E-state index contributed by atoms with van der Waals surface area (Å²) in [5.41, 5.74) is 0. The Morgan fingerprint density at radius 3 is 2.00 bits per heavy atom. The summed E-state index contributed by atoms with van der Waals surface area (Å²) in [6.07, 6.45) is 6.02. The van der Waals surface area contributed by atoms with Crippen molar-refractivity contribution >= 4 is 5.97 Å². The van der Waals surface area contributed by atoms with Gasteiger partial charge in [-0.15, -0.1) is 5.06 Å². The highest BCUT2D eigenvalue weighted by molar-refractivity contribution is 5.78. The Kier molecular flexibility index (Phi) is 6.95. The van der Waals surface area contributed by atoms with Crippen molar-refractivity contribution in [2.24, 2.45) is 0 Å². The van der Waals surface area contributed by atoms with Gasteiger partial charge in [-0.1, -0.05) is 38.5 Å². The van der Waals surface area contributed by atoms with Gasteiger partial charge < -0.3 is 19.4 Å². The van der Waals surface area contributed by atoms with Crippen molar-refractivity contribution in [1.82, 2.24) is 5.06 Å². The van der Waals surface area contributed by atoms with Crippen molar-refractivity contribution in [2.45, 2.75) is 114 Å². The number of rotatable bonds is 6. The molecule has 0 bridgehead atoms. The summed E-state index contributed by atoms with van der Waals surface area (Å²) >= 11 is 0. The Labute approximate surface area is 165 Å². The summed E-state index contributed by atoms with van der Waals surface area (Å²) in [4.78, 5) is 17.8. The minimum absolute atomic E-state index is 0.0289. The van der Waals surface area contributed by atoms with Crippen LogP contribution in [0.15, 0.2) is 0 Å². The lowest BCUT2D eigenvalue weighted by molar-refractivity contribution is -0.259. The molecule has 0 aromatic carbocycles. The summed E-state index contributed by atoms with van der Waals surface area (Å²) < 4.78 is 40.0. The number of ether oxygens (including phenoxy) is 2. The molecule has 2 aliphatic carbocycles. The van der Waals surface area contributed by atoms with Crippen molar-refractivity contribution in [2.75, 3.05) is 6.61 Å². The molecule has 8 heteroatoms. The highest BCUT2D eigenvalue weighted by atomic mass is 19.3. The maximum atomic E-state index is 14.7. The predicted octanol–water partition coefficient (Wildman–Crippen LogP) is 3.56. The molecule has 0 spiro atoms. The summed E-state index contributed by atoms with van der Waals surface area (Å²) in [6.45, 7) is 2.94. The quantitative estimate of drug-likeness (QED) is 0.682. The first-order valence-electron chi connectivity index (χ1n) is 10.6. The Bertz CT molecular complexity index is 515. The summed E-state index contributed by atoms with van der Waals surface area (Å²) in [5.74, 6) is -6.85. The topological polar surface area (TPSA) is 68.2 Å². The number of nitrogens with zero attached hydrogens (tertiary/aromatic N) is 1. The normalized spacial score (nSPS) is 28.4. The second kappa shape index (κ2) is 8.90. The molecule has 28 heavy (non-hydrogen) atoms. The minimum Gasteiger partial charge on any atom is -0.383 e. The number of hydroxylamine groups is 2. The summed E-state index contributed by atoms with van der Waals surface area (Å²) in [7, 11) is 0. The molecular formula is C20H33F2NO5. The van der Waals surface area contributed by atoms with Crippen LogP contribution in [0.4, 0.5) is 8.78 Å². The molecule has 2 saturated carbocycles. The van der Waals surface area contributed by atoms with Crippen molar-refractivity contribution in [3.63, 3.8) is 0 Å². The van der Waals surface area contributed by atoms with E-state index in [-0.39, 0.29) is 18.7 Å². The molecule has 1 saturated heterocycles. The standard InChI is InChI=1S/C20H33F2NO5/c1-19(2)26-13-16(27-19)17(24)20(21,22)18(25)28-23(14-9-5-3-6-10-14)15-11-7-4-8-12-15/h14-17,24H,3-13H2,1-2H3. The van der Waals surface area contributed by atoms with E-state index in [1.807, 2.05) is 0 Å². The maximum Gasteiger partial charge on any atom is 0.398 e. The van der Waals surface area contributed by atoms with Crippen LogP contribution >= 0.6 is 0 Å². The second-order valence-corrected chi connectivity index (χ2v) is 8.76. The van der Waals surface area contributed by atoms with Gasteiger partial charge in [0.25, 0.3) is 0 Å². The molecule has 3 aliphatic rings. The first-order chi connectivity index (χ1) is 13.2. The van der Waals surface area contributed by atoms with Crippen LogP contribution in [0.3, 0.4) is 0 Å². The maximum absolute atomic E-state index is 14.7. The minimum atomic E-state index is -4.07. The lowest BCUT2D eigenvalue weighted by Crippen LogP contribution is -2.54. The van der Waals surface area contributed by atoms with E-state index in [2.05, 4.69) is 0 Å². The van der Waals surface area contributed by atoms with Crippen LogP contribution in [0.2, 0.25) is 0 Å². The van der Waals surface area contributed by atoms with Crippen LogP contribution in [0, 0.1) is 0 Å². The average Bonchev–Trinajstić information content (AvgIpc) is 3.06. The second-order valence-electron chi connectivity index (χ2n) is 8.76. The number of carbonyl (C=O) groups excluding carboxylic acids is 1. The van der Waals surface area contributed by atoms with Crippen LogP contribution in [0.1, 0.15) is 78.1 Å². The molecule has 3 fully saturated rings. The van der Waals surface area contributed by atoms with Crippen molar-refractivity contribution < 1.29 is 33.0 Å².